The van der Waals surface area contributed by atoms with Gasteiger partial charge in [0.05, 0.1) is 29.5 Å². The van der Waals surface area contributed by atoms with Crippen LogP contribution in [0.4, 0.5) is 0 Å². The maximum absolute atomic E-state index is 12.0. The number of carbonyl (C=O) groups is 1. The van der Waals surface area contributed by atoms with E-state index in [9.17, 15) is 4.79 Å². The Morgan fingerprint density at radius 3 is 2.68 bits per heavy atom. The van der Waals surface area contributed by atoms with Gasteiger partial charge in [-0.25, -0.2) is 0 Å². The van der Waals surface area contributed by atoms with E-state index in [4.69, 9.17) is 32.5 Å². The van der Waals surface area contributed by atoms with Gasteiger partial charge in [-0.15, -0.1) is 11.8 Å². The SMILES string of the molecule is COc1ccc(-c2noc(CNC(=O)CSCc3ccc(Cl)c(Cl)c3)n2)cc1. The number of nitrogens with zero attached hydrogens (tertiary/aromatic N) is 2. The summed E-state index contributed by atoms with van der Waals surface area (Å²) in [6, 6.07) is 12.7. The van der Waals surface area contributed by atoms with Crippen LogP contribution in [0.3, 0.4) is 0 Å². The van der Waals surface area contributed by atoms with Gasteiger partial charge in [-0.1, -0.05) is 34.4 Å². The molecule has 0 fully saturated rings. The number of hydrogen-bond acceptors (Lipinski definition) is 6. The molecule has 28 heavy (non-hydrogen) atoms. The Kier molecular flexibility index (Phi) is 7.19. The Morgan fingerprint density at radius 1 is 1.18 bits per heavy atom. The molecule has 1 aromatic heterocycles. The number of hydrogen-bond donors (Lipinski definition) is 1. The summed E-state index contributed by atoms with van der Waals surface area (Å²) in [5, 5.41) is 7.72. The first kappa shape index (κ1) is 20.5. The molecule has 3 aromatic rings. The number of aromatic nitrogens is 2. The normalized spacial score (nSPS) is 10.7. The van der Waals surface area contributed by atoms with Gasteiger partial charge in [0.25, 0.3) is 0 Å². The Morgan fingerprint density at radius 2 is 1.96 bits per heavy atom. The molecule has 0 spiro atoms. The van der Waals surface area contributed by atoms with Crippen molar-refractivity contribution in [3.8, 4) is 17.1 Å². The average molecular weight is 438 g/mol. The minimum absolute atomic E-state index is 0.116. The van der Waals surface area contributed by atoms with Crippen LogP contribution < -0.4 is 10.1 Å². The third kappa shape index (κ3) is 5.64. The van der Waals surface area contributed by atoms with E-state index in [-0.39, 0.29) is 12.5 Å². The van der Waals surface area contributed by atoms with E-state index in [1.807, 2.05) is 30.3 Å². The van der Waals surface area contributed by atoms with Crippen LogP contribution in [0.15, 0.2) is 47.0 Å². The molecule has 3 rings (SSSR count). The molecule has 1 N–H and O–H groups in total. The molecule has 0 saturated carbocycles. The Hall–Kier alpha value is -2.22. The van der Waals surface area contributed by atoms with Crippen molar-refractivity contribution in [2.75, 3.05) is 12.9 Å². The summed E-state index contributed by atoms with van der Waals surface area (Å²) in [7, 11) is 1.60. The van der Waals surface area contributed by atoms with Gasteiger partial charge in [-0.3, -0.25) is 4.79 Å². The standard InChI is InChI=1S/C19H17Cl2N3O3S/c1-26-14-5-3-13(4-6-14)19-23-18(27-24-19)9-22-17(25)11-28-10-12-2-7-15(20)16(21)8-12/h2-8H,9-11H2,1H3,(H,22,25). The Balaban J connectivity index is 1.44. The molecule has 9 heteroatoms. The van der Waals surface area contributed by atoms with Gasteiger partial charge in [-0.2, -0.15) is 4.98 Å². The number of amides is 1. The third-order valence-corrected chi connectivity index (χ3v) is 5.48. The zero-order chi connectivity index (χ0) is 19.9. The zero-order valence-corrected chi connectivity index (χ0v) is 17.3. The van der Waals surface area contributed by atoms with Crippen molar-refractivity contribution in [2.24, 2.45) is 0 Å². The third-order valence-electron chi connectivity index (χ3n) is 3.74. The summed E-state index contributed by atoms with van der Waals surface area (Å²) >= 11 is 13.4. The van der Waals surface area contributed by atoms with Gasteiger partial charge < -0.3 is 14.6 Å². The molecule has 0 saturated heterocycles. The van der Waals surface area contributed by atoms with Gasteiger partial charge in [0, 0.05) is 11.3 Å². The summed E-state index contributed by atoms with van der Waals surface area (Å²) in [4.78, 5) is 16.3. The first-order valence-corrected chi connectivity index (χ1v) is 10.2. The molecule has 0 aliphatic carbocycles. The highest BCUT2D eigenvalue weighted by Gasteiger charge is 2.10. The quantitative estimate of drug-likeness (QED) is 0.554. The lowest BCUT2D eigenvalue weighted by Crippen LogP contribution is -2.24. The summed E-state index contributed by atoms with van der Waals surface area (Å²) in [5.41, 5.74) is 1.81. The lowest BCUT2D eigenvalue weighted by Gasteiger charge is -2.04. The number of thioether (sulfide) groups is 1. The highest BCUT2D eigenvalue weighted by atomic mass is 35.5. The lowest BCUT2D eigenvalue weighted by molar-refractivity contribution is -0.118. The highest BCUT2D eigenvalue weighted by Crippen LogP contribution is 2.24. The summed E-state index contributed by atoms with van der Waals surface area (Å²) < 4.78 is 10.3. The first-order chi connectivity index (χ1) is 13.5. The van der Waals surface area contributed by atoms with Gasteiger partial charge >= 0.3 is 0 Å². The van der Waals surface area contributed by atoms with E-state index in [0.29, 0.717) is 33.3 Å². The van der Waals surface area contributed by atoms with Gasteiger partial charge in [0.15, 0.2) is 0 Å². The summed E-state index contributed by atoms with van der Waals surface area (Å²) in [6.45, 7) is 0.176. The van der Waals surface area contributed by atoms with E-state index in [0.717, 1.165) is 16.9 Å². The monoisotopic (exact) mass is 437 g/mol. The zero-order valence-electron chi connectivity index (χ0n) is 14.9. The molecule has 6 nitrogen and oxygen atoms in total. The molecular weight excluding hydrogens is 421 g/mol. The predicted molar refractivity (Wildman–Crippen MR) is 111 cm³/mol. The fourth-order valence-corrected chi connectivity index (χ4v) is 3.43. The summed E-state index contributed by atoms with van der Waals surface area (Å²) in [6.07, 6.45) is 0. The minimum Gasteiger partial charge on any atom is -0.497 e. The van der Waals surface area contributed by atoms with E-state index in [1.165, 1.54) is 11.8 Å². The molecule has 146 valence electrons. The molecule has 0 unspecified atom stereocenters. The maximum atomic E-state index is 12.0. The van der Waals surface area contributed by atoms with E-state index < -0.39 is 0 Å². The lowest BCUT2D eigenvalue weighted by atomic mass is 10.2. The Bertz CT molecular complexity index is 948. The van der Waals surface area contributed by atoms with Gasteiger partial charge in [0.2, 0.25) is 17.6 Å². The smallest absolute Gasteiger partial charge is 0.246 e. The van der Waals surface area contributed by atoms with Crippen molar-refractivity contribution >= 4 is 40.9 Å². The van der Waals surface area contributed by atoms with Crippen molar-refractivity contribution in [1.82, 2.24) is 15.5 Å². The molecule has 0 aliphatic rings. The number of methoxy groups -OCH3 is 1. The molecule has 0 bridgehead atoms. The second-order valence-electron chi connectivity index (χ2n) is 5.76. The minimum atomic E-state index is -0.116. The molecule has 1 amide bonds. The van der Waals surface area contributed by atoms with Crippen LogP contribution in [0.1, 0.15) is 11.5 Å². The average Bonchev–Trinajstić information content (AvgIpc) is 3.18. The maximum Gasteiger partial charge on any atom is 0.246 e. The van der Waals surface area contributed by atoms with Crippen molar-refractivity contribution < 1.29 is 14.1 Å². The van der Waals surface area contributed by atoms with E-state index in [2.05, 4.69) is 15.5 Å². The van der Waals surface area contributed by atoms with E-state index in [1.54, 1.807) is 19.2 Å². The topological polar surface area (TPSA) is 77.3 Å². The number of carbonyl (C=O) groups excluding carboxylic acids is 1. The van der Waals surface area contributed by atoms with Gasteiger partial charge in [-0.05, 0) is 42.0 Å². The fraction of sp³-hybridized carbons (Fsp3) is 0.211. The highest BCUT2D eigenvalue weighted by molar-refractivity contribution is 7.99. The van der Waals surface area contributed by atoms with Gasteiger partial charge in [0.1, 0.15) is 5.75 Å². The number of benzene rings is 2. The van der Waals surface area contributed by atoms with E-state index >= 15 is 0 Å². The predicted octanol–water partition coefficient (Wildman–Crippen LogP) is 4.60. The molecule has 0 aliphatic heterocycles. The van der Waals surface area contributed by atoms with Crippen LogP contribution >= 0.6 is 35.0 Å². The van der Waals surface area contributed by atoms with Crippen molar-refractivity contribution in [1.29, 1.82) is 0 Å². The molecule has 0 radical (unpaired) electrons. The number of ether oxygens (including phenoxy) is 1. The van der Waals surface area contributed by atoms with Crippen LogP contribution in [0, 0.1) is 0 Å². The van der Waals surface area contributed by atoms with Crippen LogP contribution in [0.5, 0.6) is 5.75 Å². The first-order valence-electron chi connectivity index (χ1n) is 8.30. The van der Waals surface area contributed by atoms with Crippen molar-refractivity contribution in [3.05, 3.63) is 64.0 Å². The van der Waals surface area contributed by atoms with Crippen LogP contribution in [-0.2, 0) is 17.1 Å². The van der Waals surface area contributed by atoms with Crippen LogP contribution in [0.2, 0.25) is 10.0 Å². The second-order valence-corrected chi connectivity index (χ2v) is 7.56. The number of halogens is 2. The largest absolute Gasteiger partial charge is 0.497 e. The molecule has 0 atom stereocenters. The molecule has 2 aromatic carbocycles. The molecule has 1 heterocycles. The Labute approximate surface area is 176 Å². The fourth-order valence-electron chi connectivity index (χ4n) is 2.30. The van der Waals surface area contributed by atoms with Crippen LogP contribution in [0.25, 0.3) is 11.4 Å². The molecular formula is C19H17Cl2N3O3S. The number of rotatable bonds is 8. The number of nitrogens with one attached hydrogen (secondary N) is 1. The second kappa shape index (κ2) is 9.82. The van der Waals surface area contributed by atoms with Crippen LogP contribution in [-0.4, -0.2) is 28.9 Å². The summed E-state index contributed by atoms with van der Waals surface area (Å²) in [5.74, 6) is 2.40. The van der Waals surface area contributed by atoms with Crippen molar-refractivity contribution in [2.45, 2.75) is 12.3 Å². The van der Waals surface area contributed by atoms with Crippen molar-refractivity contribution in [3.63, 3.8) is 0 Å².